The van der Waals surface area contributed by atoms with E-state index in [0.29, 0.717) is 11.6 Å². The Kier molecular flexibility index (Phi) is 5.81. The highest BCUT2D eigenvalue weighted by atomic mass is 16.5. The Hall–Kier alpha value is -2.21. The second kappa shape index (κ2) is 8.25. The fourth-order valence-corrected chi connectivity index (χ4v) is 3.35. The van der Waals surface area contributed by atoms with E-state index < -0.39 is 5.91 Å². The third-order valence-electron chi connectivity index (χ3n) is 4.80. The van der Waals surface area contributed by atoms with Crippen LogP contribution in [0.2, 0.25) is 0 Å². The summed E-state index contributed by atoms with van der Waals surface area (Å²) in [6.07, 6.45) is 0. The first-order valence-electron chi connectivity index (χ1n) is 8.69. The molecular formula is C20H25N3O2. The number of carbonyl (C=O) groups excluding carboxylic acids is 1. The second-order valence-corrected chi connectivity index (χ2v) is 6.68. The van der Waals surface area contributed by atoms with Gasteiger partial charge in [-0.25, -0.2) is 5.48 Å². The first-order chi connectivity index (χ1) is 12.2. The van der Waals surface area contributed by atoms with Gasteiger partial charge in [0.25, 0.3) is 5.91 Å². The molecule has 2 N–H and O–H groups in total. The molecule has 5 nitrogen and oxygen atoms in total. The molecule has 0 bridgehead atoms. The summed E-state index contributed by atoms with van der Waals surface area (Å²) in [5.41, 5.74) is 4.66. The van der Waals surface area contributed by atoms with Gasteiger partial charge in [-0.3, -0.25) is 19.8 Å². The van der Waals surface area contributed by atoms with Gasteiger partial charge in [-0.15, -0.1) is 0 Å². The summed E-state index contributed by atoms with van der Waals surface area (Å²) in [7, 11) is 0. The summed E-state index contributed by atoms with van der Waals surface area (Å²) in [4.78, 5) is 16.3. The van der Waals surface area contributed by atoms with Crippen molar-refractivity contribution in [2.45, 2.75) is 26.1 Å². The minimum absolute atomic E-state index is 0.465. The zero-order valence-corrected chi connectivity index (χ0v) is 14.6. The maximum Gasteiger partial charge on any atom is 0.274 e. The molecule has 2 aromatic carbocycles. The van der Waals surface area contributed by atoms with Crippen molar-refractivity contribution in [1.29, 1.82) is 0 Å². The summed E-state index contributed by atoms with van der Waals surface area (Å²) in [5, 5.41) is 8.67. The van der Waals surface area contributed by atoms with Gasteiger partial charge >= 0.3 is 0 Å². The topological polar surface area (TPSA) is 55.8 Å². The van der Waals surface area contributed by atoms with E-state index in [1.54, 1.807) is 17.6 Å². The maximum absolute atomic E-state index is 11.4. The monoisotopic (exact) mass is 339 g/mol. The smallest absolute Gasteiger partial charge is 0.274 e. The third-order valence-corrected chi connectivity index (χ3v) is 4.80. The molecule has 132 valence electrons. The molecule has 1 heterocycles. The van der Waals surface area contributed by atoms with Crippen LogP contribution in [0.1, 0.15) is 28.4 Å². The Morgan fingerprint density at radius 2 is 1.72 bits per heavy atom. The van der Waals surface area contributed by atoms with Crippen LogP contribution in [-0.2, 0) is 13.1 Å². The van der Waals surface area contributed by atoms with Crippen LogP contribution in [0.25, 0.3) is 0 Å². The fraction of sp³-hybridized carbons (Fsp3) is 0.350. The Morgan fingerprint density at radius 1 is 1.04 bits per heavy atom. The molecule has 2 aromatic rings. The Bertz CT molecular complexity index is 688. The van der Waals surface area contributed by atoms with Crippen molar-refractivity contribution in [3.63, 3.8) is 0 Å². The van der Waals surface area contributed by atoms with Crippen molar-refractivity contribution in [3.8, 4) is 0 Å². The lowest BCUT2D eigenvalue weighted by atomic mass is 10.1. The Balaban J connectivity index is 1.53. The van der Waals surface area contributed by atoms with Gasteiger partial charge in [0.2, 0.25) is 0 Å². The molecule has 0 saturated carbocycles. The standard InChI is InChI=1S/C20H25N3O2/c1-16-13-22(11-12-23(16)15-17-5-3-2-4-6-17)14-18-7-9-19(10-8-18)20(24)21-25/h2-10,16,25H,11-15H2,1H3,(H,21,24). The van der Waals surface area contributed by atoms with Gasteiger partial charge in [-0.2, -0.15) is 0 Å². The molecule has 3 rings (SSSR count). The number of nitrogens with one attached hydrogen (secondary N) is 1. The van der Waals surface area contributed by atoms with Gasteiger partial charge in [0.1, 0.15) is 0 Å². The van der Waals surface area contributed by atoms with E-state index in [4.69, 9.17) is 5.21 Å². The molecule has 1 fully saturated rings. The molecular weight excluding hydrogens is 314 g/mol. The van der Waals surface area contributed by atoms with Crippen LogP contribution in [0.3, 0.4) is 0 Å². The van der Waals surface area contributed by atoms with E-state index in [0.717, 1.165) is 32.7 Å². The lowest BCUT2D eigenvalue weighted by molar-refractivity contribution is 0.0705. The molecule has 1 saturated heterocycles. The minimum Gasteiger partial charge on any atom is -0.296 e. The largest absolute Gasteiger partial charge is 0.296 e. The van der Waals surface area contributed by atoms with E-state index >= 15 is 0 Å². The molecule has 1 unspecified atom stereocenters. The van der Waals surface area contributed by atoms with E-state index in [2.05, 4.69) is 47.1 Å². The van der Waals surface area contributed by atoms with E-state index in [-0.39, 0.29) is 0 Å². The minimum atomic E-state index is -0.477. The van der Waals surface area contributed by atoms with Crippen LogP contribution in [0.4, 0.5) is 0 Å². The molecule has 0 aromatic heterocycles. The summed E-state index contributed by atoms with van der Waals surface area (Å²) < 4.78 is 0. The van der Waals surface area contributed by atoms with Crippen molar-refractivity contribution in [1.82, 2.24) is 15.3 Å². The van der Waals surface area contributed by atoms with Crippen molar-refractivity contribution < 1.29 is 10.0 Å². The number of hydrogen-bond acceptors (Lipinski definition) is 4. The van der Waals surface area contributed by atoms with Crippen molar-refractivity contribution in [2.75, 3.05) is 19.6 Å². The normalized spacial score (nSPS) is 18.9. The van der Waals surface area contributed by atoms with Crippen LogP contribution in [0, 0.1) is 0 Å². The van der Waals surface area contributed by atoms with E-state index in [1.165, 1.54) is 11.1 Å². The van der Waals surface area contributed by atoms with Gasteiger partial charge in [-0.05, 0) is 30.2 Å². The van der Waals surface area contributed by atoms with Crippen molar-refractivity contribution in [3.05, 3.63) is 71.3 Å². The summed E-state index contributed by atoms with van der Waals surface area (Å²) in [5.74, 6) is -0.477. The Labute approximate surface area is 148 Å². The van der Waals surface area contributed by atoms with Crippen molar-refractivity contribution in [2.24, 2.45) is 0 Å². The van der Waals surface area contributed by atoms with Crippen LogP contribution >= 0.6 is 0 Å². The summed E-state index contributed by atoms with van der Waals surface area (Å²) >= 11 is 0. The zero-order valence-electron chi connectivity index (χ0n) is 14.6. The number of benzene rings is 2. The predicted octanol–water partition coefficient (Wildman–Crippen LogP) is 2.51. The van der Waals surface area contributed by atoms with E-state index in [1.807, 2.05) is 12.1 Å². The number of carbonyl (C=O) groups is 1. The summed E-state index contributed by atoms with van der Waals surface area (Å²) in [6, 6.07) is 18.5. The summed E-state index contributed by atoms with van der Waals surface area (Å²) in [6.45, 7) is 7.29. The number of hydroxylamine groups is 1. The third kappa shape index (κ3) is 4.66. The molecule has 1 atom stereocenters. The van der Waals surface area contributed by atoms with Gasteiger partial charge in [0.05, 0.1) is 0 Å². The first-order valence-corrected chi connectivity index (χ1v) is 8.69. The molecule has 1 amide bonds. The second-order valence-electron chi connectivity index (χ2n) is 6.68. The van der Waals surface area contributed by atoms with Crippen LogP contribution in [0.5, 0.6) is 0 Å². The SMILES string of the molecule is CC1CN(Cc2ccc(C(=O)NO)cc2)CCN1Cc1ccccc1. The van der Waals surface area contributed by atoms with Gasteiger partial charge in [-0.1, -0.05) is 42.5 Å². The number of nitrogens with zero attached hydrogens (tertiary/aromatic N) is 2. The van der Waals surface area contributed by atoms with Gasteiger partial charge in [0, 0.05) is 44.3 Å². The van der Waals surface area contributed by atoms with Crippen LogP contribution in [0.15, 0.2) is 54.6 Å². The zero-order chi connectivity index (χ0) is 17.6. The highest BCUT2D eigenvalue weighted by molar-refractivity contribution is 5.93. The number of hydrogen-bond donors (Lipinski definition) is 2. The molecule has 5 heteroatoms. The highest BCUT2D eigenvalue weighted by Crippen LogP contribution is 2.16. The molecule has 25 heavy (non-hydrogen) atoms. The average Bonchev–Trinajstić information content (AvgIpc) is 2.65. The molecule has 0 radical (unpaired) electrons. The van der Waals surface area contributed by atoms with E-state index in [9.17, 15) is 4.79 Å². The predicted molar refractivity (Wildman–Crippen MR) is 97.3 cm³/mol. The maximum atomic E-state index is 11.4. The number of amides is 1. The van der Waals surface area contributed by atoms with Gasteiger partial charge in [0.15, 0.2) is 0 Å². The number of piperazine rings is 1. The molecule has 1 aliphatic rings. The van der Waals surface area contributed by atoms with Gasteiger partial charge < -0.3 is 0 Å². The molecule has 1 aliphatic heterocycles. The Morgan fingerprint density at radius 3 is 2.36 bits per heavy atom. The lowest BCUT2D eigenvalue weighted by Gasteiger charge is -2.40. The quantitative estimate of drug-likeness (QED) is 0.649. The number of rotatable bonds is 5. The molecule has 0 spiro atoms. The van der Waals surface area contributed by atoms with Crippen LogP contribution < -0.4 is 5.48 Å². The first kappa shape index (κ1) is 17.6. The highest BCUT2D eigenvalue weighted by Gasteiger charge is 2.23. The molecule has 0 aliphatic carbocycles. The van der Waals surface area contributed by atoms with Crippen molar-refractivity contribution >= 4 is 5.91 Å². The average molecular weight is 339 g/mol. The lowest BCUT2D eigenvalue weighted by Crippen LogP contribution is -2.50. The fourth-order valence-electron chi connectivity index (χ4n) is 3.35. The van der Waals surface area contributed by atoms with Crippen LogP contribution in [-0.4, -0.2) is 46.6 Å².